The van der Waals surface area contributed by atoms with Crippen LogP contribution >= 0.6 is 0 Å². The van der Waals surface area contributed by atoms with Crippen LogP contribution in [0.1, 0.15) is 34.1 Å². The SMILES string of the molecule is CC(C)OC(=O)CC(N)C(=O)OC(C)C. The molecule has 2 N–H and O–H groups in total. The normalized spacial score (nSPS) is 12.7. The van der Waals surface area contributed by atoms with E-state index in [-0.39, 0.29) is 18.6 Å². The van der Waals surface area contributed by atoms with Crippen molar-refractivity contribution in [2.24, 2.45) is 5.73 Å². The quantitative estimate of drug-likeness (QED) is 0.682. The number of carbonyl (C=O) groups excluding carboxylic acids is 2. The van der Waals surface area contributed by atoms with E-state index in [2.05, 4.69) is 0 Å². The lowest BCUT2D eigenvalue weighted by molar-refractivity contribution is -0.155. The molecule has 0 aliphatic rings. The minimum absolute atomic E-state index is 0.149. The van der Waals surface area contributed by atoms with Gasteiger partial charge in [0.2, 0.25) is 0 Å². The van der Waals surface area contributed by atoms with Gasteiger partial charge >= 0.3 is 11.9 Å². The van der Waals surface area contributed by atoms with E-state index >= 15 is 0 Å². The van der Waals surface area contributed by atoms with Crippen molar-refractivity contribution >= 4 is 11.9 Å². The first-order valence-corrected chi connectivity index (χ1v) is 4.98. The summed E-state index contributed by atoms with van der Waals surface area (Å²) in [5.74, 6) is -1.07. The van der Waals surface area contributed by atoms with Gasteiger partial charge in [-0.3, -0.25) is 9.59 Å². The van der Waals surface area contributed by atoms with Crippen LogP contribution in [-0.2, 0) is 19.1 Å². The lowest BCUT2D eigenvalue weighted by atomic mass is 10.2. The highest BCUT2D eigenvalue weighted by molar-refractivity contribution is 5.82. The molecule has 1 unspecified atom stereocenters. The maximum absolute atomic E-state index is 11.2. The minimum atomic E-state index is -0.946. The fourth-order valence-corrected chi connectivity index (χ4v) is 0.894. The van der Waals surface area contributed by atoms with Crippen LogP contribution in [0, 0.1) is 0 Å². The molecule has 0 aromatic carbocycles. The van der Waals surface area contributed by atoms with Gasteiger partial charge in [0.15, 0.2) is 0 Å². The van der Waals surface area contributed by atoms with Crippen molar-refractivity contribution in [1.29, 1.82) is 0 Å². The summed E-state index contributed by atoms with van der Waals surface area (Å²) in [6.07, 6.45) is -0.584. The number of nitrogens with two attached hydrogens (primary N) is 1. The number of ether oxygens (including phenoxy) is 2. The Bertz CT molecular complexity index is 225. The molecule has 0 spiro atoms. The molecule has 1 atom stereocenters. The Hall–Kier alpha value is -1.10. The highest BCUT2D eigenvalue weighted by atomic mass is 16.5. The first-order valence-electron chi connectivity index (χ1n) is 4.98. The molecule has 0 aliphatic heterocycles. The average Bonchev–Trinajstić information content (AvgIpc) is 2.00. The van der Waals surface area contributed by atoms with Gasteiger partial charge in [-0.15, -0.1) is 0 Å². The van der Waals surface area contributed by atoms with E-state index in [4.69, 9.17) is 15.2 Å². The second-order valence-electron chi connectivity index (χ2n) is 3.83. The van der Waals surface area contributed by atoms with Crippen molar-refractivity contribution < 1.29 is 19.1 Å². The van der Waals surface area contributed by atoms with Crippen LogP contribution in [-0.4, -0.2) is 30.2 Å². The molecule has 0 heterocycles. The molecule has 0 rings (SSSR count). The second kappa shape index (κ2) is 6.40. The molecule has 15 heavy (non-hydrogen) atoms. The molecule has 88 valence electrons. The second-order valence-corrected chi connectivity index (χ2v) is 3.83. The number of hydrogen-bond donors (Lipinski definition) is 1. The molecule has 0 saturated heterocycles. The van der Waals surface area contributed by atoms with Gasteiger partial charge in [0.05, 0.1) is 18.6 Å². The molecule has 0 fully saturated rings. The summed E-state index contributed by atoms with van der Waals surface area (Å²) in [5.41, 5.74) is 5.47. The van der Waals surface area contributed by atoms with Gasteiger partial charge in [0, 0.05) is 0 Å². The van der Waals surface area contributed by atoms with E-state index in [1.54, 1.807) is 27.7 Å². The van der Waals surface area contributed by atoms with Crippen molar-refractivity contribution in [3.05, 3.63) is 0 Å². The third-order valence-corrected chi connectivity index (χ3v) is 1.41. The predicted octanol–water partition coefficient (Wildman–Crippen LogP) is 0.607. The van der Waals surface area contributed by atoms with Crippen LogP contribution < -0.4 is 5.73 Å². The Balaban J connectivity index is 3.96. The molecule has 0 bridgehead atoms. The standard InChI is InChI=1S/C10H19NO4/c1-6(2)14-9(12)5-8(11)10(13)15-7(3)4/h6-8H,5,11H2,1-4H3. The maximum atomic E-state index is 11.2. The van der Waals surface area contributed by atoms with Crippen LogP contribution in [0.25, 0.3) is 0 Å². The average molecular weight is 217 g/mol. The Morgan fingerprint density at radius 3 is 1.93 bits per heavy atom. The zero-order valence-corrected chi connectivity index (χ0v) is 9.65. The topological polar surface area (TPSA) is 78.6 Å². The first kappa shape index (κ1) is 13.9. The van der Waals surface area contributed by atoms with E-state index in [0.717, 1.165) is 0 Å². The highest BCUT2D eigenvalue weighted by Crippen LogP contribution is 2.00. The molecule has 0 aliphatic carbocycles. The van der Waals surface area contributed by atoms with Crippen LogP contribution in [0.15, 0.2) is 0 Å². The molecule has 0 saturated carbocycles. The number of hydrogen-bond acceptors (Lipinski definition) is 5. The van der Waals surface area contributed by atoms with E-state index in [0.29, 0.717) is 0 Å². The van der Waals surface area contributed by atoms with E-state index < -0.39 is 18.0 Å². The van der Waals surface area contributed by atoms with Gasteiger partial charge in [-0.25, -0.2) is 0 Å². The van der Waals surface area contributed by atoms with Crippen molar-refractivity contribution in [1.82, 2.24) is 0 Å². The smallest absolute Gasteiger partial charge is 0.323 e. The summed E-state index contributed by atoms with van der Waals surface area (Å²) in [4.78, 5) is 22.4. The third-order valence-electron chi connectivity index (χ3n) is 1.41. The predicted molar refractivity (Wildman–Crippen MR) is 55.0 cm³/mol. The number of esters is 2. The van der Waals surface area contributed by atoms with Gasteiger partial charge < -0.3 is 15.2 Å². The fraction of sp³-hybridized carbons (Fsp3) is 0.800. The molecule has 0 amide bonds. The highest BCUT2D eigenvalue weighted by Gasteiger charge is 2.21. The lowest BCUT2D eigenvalue weighted by Gasteiger charge is -2.14. The summed E-state index contributed by atoms with van der Waals surface area (Å²) in [5, 5.41) is 0. The molecular formula is C10H19NO4. The molecule has 0 aromatic rings. The monoisotopic (exact) mass is 217 g/mol. The fourth-order valence-electron chi connectivity index (χ4n) is 0.894. The summed E-state index contributed by atoms with van der Waals surface area (Å²) >= 11 is 0. The summed E-state index contributed by atoms with van der Waals surface area (Å²) < 4.78 is 9.70. The van der Waals surface area contributed by atoms with Crippen LogP contribution in [0.5, 0.6) is 0 Å². The Morgan fingerprint density at radius 1 is 1.07 bits per heavy atom. The van der Waals surface area contributed by atoms with Gasteiger partial charge in [-0.2, -0.15) is 0 Å². The van der Waals surface area contributed by atoms with Crippen LogP contribution in [0.2, 0.25) is 0 Å². The summed E-state index contributed by atoms with van der Waals surface area (Å²) in [6.45, 7) is 6.90. The molecule has 5 nitrogen and oxygen atoms in total. The largest absolute Gasteiger partial charge is 0.463 e. The van der Waals surface area contributed by atoms with Crippen LogP contribution in [0.3, 0.4) is 0 Å². The van der Waals surface area contributed by atoms with Gasteiger partial charge in [-0.1, -0.05) is 0 Å². The Labute approximate surface area is 89.9 Å². The van der Waals surface area contributed by atoms with Gasteiger partial charge in [-0.05, 0) is 27.7 Å². The van der Waals surface area contributed by atoms with Crippen molar-refractivity contribution in [3.63, 3.8) is 0 Å². The first-order chi connectivity index (χ1) is 6.82. The van der Waals surface area contributed by atoms with E-state index in [1.807, 2.05) is 0 Å². The number of rotatable bonds is 5. The molecular weight excluding hydrogens is 198 g/mol. The Morgan fingerprint density at radius 2 is 1.53 bits per heavy atom. The van der Waals surface area contributed by atoms with E-state index in [1.165, 1.54) is 0 Å². The molecule has 5 heteroatoms. The van der Waals surface area contributed by atoms with Gasteiger partial charge in [0.1, 0.15) is 6.04 Å². The summed E-state index contributed by atoms with van der Waals surface area (Å²) in [6, 6.07) is -0.946. The third kappa shape index (κ3) is 6.90. The molecule has 0 aromatic heterocycles. The lowest BCUT2D eigenvalue weighted by Crippen LogP contribution is -2.36. The number of carbonyl (C=O) groups is 2. The maximum Gasteiger partial charge on any atom is 0.323 e. The van der Waals surface area contributed by atoms with Crippen LogP contribution in [0.4, 0.5) is 0 Å². The van der Waals surface area contributed by atoms with E-state index in [9.17, 15) is 9.59 Å². The van der Waals surface area contributed by atoms with Crippen molar-refractivity contribution in [2.45, 2.75) is 52.4 Å². The summed E-state index contributed by atoms with van der Waals surface area (Å²) in [7, 11) is 0. The zero-order valence-electron chi connectivity index (χ0n) is 9.65. The zero-order chi connectivity index (χ0) is 12.0. The van der Waals surface area contributed by atoms with Crippen molar-refractivity contribution in [3.8, 4) is 0 Å². The minimum Gasteiger partial charge on any atom is -0.463 e. The van der Waals surface area contributed by atoms with Crippen molar-refractivity contribution in [2.75, 3.05) is 0 Å². The van der Waals surface area contributed by atoms with Gasteiger partial charge in [0.25, 0.3) is 0 Å². The Kier molecular flexibility index (Phi) is 5.93. The molecule has 0 radical (unpaired) electrons.